The minimum Gasteiger partial charge on any atom is -0.394 e. The highest BCUT2D eigenvalue weighted by Gasteiger charge is 2.49. The van der Waals surface area contributed by atoms with E-state index in [1.54, 1.807) is 0 Å². The number of hydrogen-bond acceptors (Lipinski definition) is 8. The van der Waals surface area contributed by atoms with E-state index in [1.807, 2.05) is 0 Å². The molecular weight excluding hydrogens is 256 g/mol. The van der Waals surface area contributed by atoms with Crippen molar-refractivity contribution in [2.45, 2.75) is 24.5 Å². The molecule has 5 atom stereocenters. The minimum absolute atomic E-state index is 0.287. The number of carbonyl (C=O) groups is 1. The number of hydrazone groups is 1. The zero-order chi connectivity index (χ0) is 13.6. The molecule has 0 aromatic rings. The molecule has 19 heavy (non-hydrogen) atoms. The van der Waals surface area contributed by atoms with Crippen LogP contribution in [0, 0.1) is 5.92 Å². The lowest BCUT2D eigenvalue weighted by Gasteiger charge is -2.26. The van der Waals surface area contributed by atoms with E-state index in [-0.39, 0.29) is 5.84 Å². The number of hydrogen-bond donors (Lipinski definition) is 3. The molecule has 3 rings (SSSR count). The van der Waals surface area contributed by atoms with Crippen LogP contribution in [0.3, 0.4) is 0 Å². The Morgan fingerprint density at radius 1 is 1.37 bits per heavy atom. The number of ether oxygens (including phenoxy) is 1. The van der Waals surface area contributed by atoms with Gasteiger partial charge in [0.15, 0.2) is 6.23 Å². The summed E-state index contributed by atoms with van der Waals surface area (Å²) in [5, 5.41) is 33.8. The Balaban J connectivity index is 1.85. The zero-order valence-electron chi connectivity index (χ0n) is 9.70. The first-order valence-corrected chi connectivity index (χ1v) is 5.73. The second-order valence-corrected chi connectivity index (χ2v) is 4.39. The molecule has 9 nitrogen and oxygen atoms in total. The largest absolute Gasteiger partial charge is 0.394 e. The molecule has 0 aliphatic carbocycles. The predicted molar refractivity (Wildman–Crippen MR) is 62.5 cm³/mol. The molecule has 3 aliphatic rings. The molecule has 0 bridgehead atoms. The summed E-state index contributed by atoms with van der Waals surface area (Å²) in [4.78, 5) is 19.0. The topological polar surface area (TPSA) is 127 Å². The van der Waals surface area contributed by atoms with Crippen LogP contribution in [0.1, 0.15) is 0 Å². The van der Waals surface area contributed by atoms with Crippen LogP contribution in [0.2, 0.25) is 0 Å². The van der Waals surface area contributed by atoms with Crippen molar-refractivity contribution in [2.75, 3.05) is 6.61 Å². The number of amides is 1. The average Bonchev–Trinajstić information content (AvgIpc) is 2.94. The second kappa shape index (κ2) is 4.46. The molecule has 1 amide bonds. The van der Waals surface area contributed by atoms with Crippen LogP contribution >= 0.6 is 0 Å². The van der Waals surface area contributed by atoms with E-state index in [4.69, 9.17) is 9.84 Å². The Labute approximate surface area is 107 Å². The van der Waals surface area contributed by atoms with Gasteiger partial charge in [-0.25, -0.2) is 15.0 Å². The summed E-state index contributed by atoms with van der Waals surface area (Å²) >= 11 is 0. The number of fused-ring (bicyclic) bond motifs is 1. The summed E-state index contributed by atoms with van der Waals surface area (Å²) in [7, 11) is 0. The van der Waals surface area contributed by atoms with Gasteiger partial charge in [0, 0.05) is 6.21 Å². The van der Waals surface area contributed by atoms with Gasteiger partial charge in [-0.2, -0.15) is 5.10 Å². The van der Waals surface area contributed by atoms with Crippen molar-refractivity contribution in [1.82, 2.24) is 5.01 Å². The van der Waals surface area contributed by atoms with Gasteiger partial charge in [0.25, 0.3) is 5.91 Å². The maximum Gasteiger partial charge on any atom is 0.263 e. The van der Waals surface area contributed by atoms with Gasteiger partial charge in [0.1, 0.15) is 36.4 Å². The first-order valence-electron chi connectivity index (χ1n) is 5.73. The van der Waals surface area contributed by atoms with Gasteiger partial charge >= 0.3 is 0 Å². The molecule has 0 aromatic heterocycles. The molecule has 1 saturated heterocycles. The number of nitrogens with zero attached hydrogens (tertiary/aromatic N) is 4. The van der Waals surface area contributed by atoms with E-state index in [1.165, 1.54) is 11.2 Å². The van der Waals surface area contributed by atoms with Crippen LogP contribution in [-0.2, 0) is 9.53 Å². The van der Waals surface area contributed by atoms with Crippen LogP contribution in [0.5, 0.6) is 0 Å². The van der Waals surface area contributed by atoms with E-state index >= 15 is 0 Å². The van der Waals surface area contributed by atoms with Gasteiger partial charge in [-0.1, -0.05) is 0 Å². The molecule has 0 spiro atoms. The SMILES string of the molecule is O=C1N=CN=C2C1C=NN2C1OC(CO)C(O)C1O. The average molecular weight is 268 g/mol. The van der Waals surface area contributed by atoms with E-state index in [0.29, 0.717) is 0 Å². The number of carbonyl (C=O) groups excluding carboxylic acids is 1. The Kier molecular flexibility index (Phi) is 2.90. The number of amidine groups is 1. The quantitative estimate of drug-likeness (QED) is 0.500. The maximum absolute atomic E-state index is 11.5. The molecule has 0 saturated carbocycles. The summed E-state index contributed by atoms with van der Waals surface area (Å²) in [6, 6.07) is 0. The molecule has 0 radical (unpaired) electrons. The Bertz CT molecular complexity index is 490. The lowest BCUT2D eigenvalue weighted by atomic mass is 10.1. The lowest BCUT2D eigenvalue weighted by Crippen LogP contribution is -2.45. The first-order chi connectivity index (χ1) is 9.13. The van der Waals surface area contributed by atoms with Gasteiger partial charge in [-0.15, -0.1) is 0 Å². The smallest absolute Gasteiger partial charge is 0.263 e. The zero-order valence-corrected chi connectivity index (χ0v) is 9.70. The second-order valence-electron chi connectivity index (χ2n) is 4.39. The molecular formula is C10H12N4O5. The van der Waals surface area contributed by atoms with Crippen LogP contribution < -0.4 is 0 Å². The normalized spacial score (nSPS) is 40.8. The fourth-order valence-corrected chi connectivity index (χ4v) is 2.22. The van der Waals surface area contributed by atoms with Crippen molar-refractivity contribution < 1.29 is 24.9 Å². The summed E-state index contributed by atoms with van der Waals surface area (Å²) in [6.07, 6.45) is -1.92. The van der Waals surface area contributed by atoms with E-state index in [0.717, 1.165) is 6.34 Å². The maximum atomic E-state index is 11.5. The molecule has 1 fully saturated rings. The van der Waals surface area contributed by atoms with Crippen LogP contribution in [-0.4, -0.2) is 75.8 Å². The third kappa shape index (κ3) is 1.78. The number of aliphatic hydroxyl groups excluding tert-OH is 3. The van der Waals surface area contributed by atoms with Crippen LogP contribution in [0.4, 0.5) is 0 Å². The Morgan fingerprint density at radius 3 is 2.84 bits per heavy atom. The van der Waals surface area contributed by atoms with Gasteiger partial charge in [-0.3, -0.25) is 4.79 Å². The van der Waals surface area contributed by atoms with Crippen molar-refractivity contribution >= 4 is 24.3 Å². The Morgan fingerprint density at radius 2 is 2.16 bits per heavy atom. The molecule has 9 heteroatoms. The van der Waals surface area contributed by atoms with Crippen molar-refractivity contribution in [3.05, 3.63) is 0 Å². The molecule has 5 unspecified atom stereocenters. The monoisotopic (exact) mass is 268 g/mol. The van der Waals surface area contributed by atoms with Gasteiger partial charge in [0.05, 0.1) is 6.61 Å². The number of rotatable bonds is 2. The fraction of sp³-hybridized carbons (Fsp3) is 0.600. The number of aliphatic hydroxyl groups is 3. The summed E-state index contributed by atoms with van der Waals surface area (Å²) in [6.45, 7) is -0.428. The van der Waals surface area contributed by atoms with E-state index in [2.05, 4.69) is 15.1 Å². The molecule has 0 aromatic carbocycles. The van der Waals surface area contributed by atoms with Gasteiger partial charge in [-0.05, 0) is 0 Å². The predicted octanol–water partition coefficient (Wildman–Crippen LogP) is -2.69. The van der Waals surface area contributed by atoms with Crippen molar-refractivity contribution in [2.24, 2.45) is 21.0 Å². The van der Waals surface area contributed by atoms with Crippen LogP contribution in [0.25, 0.3) is 0 Å². The standard InChI is InChI=1S/C10H12N4O5/c15-2-5-6(16)7(17)10(19-5)14-8-4(1-13-14)9(18)12-3-11-8/h1,3-7,10,15-17H,2H2. The highest BCUT2D eigenvalue weighted by Crippen LogP contribution is 2.28. The molecule has 3 heterocycles. The van der Waals surface area contributed by atoms with Crippen LogP contribution in [0.15, 0.2) is 15.1 Å². The fourth-order valence-electron chi connectivity index (χ4n) is 2.22. The highest BCUT2D eigenvalue weighted by molar-refractivity contribution is 6.21. The van der Waals surface area contributed by atoms with Crippen molar-refractivity contribution in [3.8, 4) is 0 Å². The van der Waals surface area contributed by atoms with Gasteiger partial charge in [0.2, 0.25) is 0 Å². The summed E-state index contributed by atoms with van der Waals surface area (Å²) in [5.74, 6) is -0.802. The van der Waals surface area contributed by atoms with Gasteiger partial charge < -0.3 is 20.1 Å². The third-order valence-electron chi connectivity index (χ3n) is 3.25. The third-order valence-corrected chi connectivity index (χ3v) is 3.25. The summed E-state index contributed by atoms with van der Waals surface area (Å²) < 4.78 is 5.33. The molecule has 102 valence electrons. The van der Waals surface area contributed by atoms with Crippen molar-refractivity contribution in [3.63, 3.8) is 0 Å². The van der Waals surface area contributed by atoms with Crippen molar-refractivity contribution in [1.29, 1.82) is 0 Å². The molecule has 3 N–H and O–H groups in total. The number of aliphatic imine (C=N–C) groups is 2. The van der Waals surface area contributed by atoms with E-state index in [9.17, 15) is 15.0 Å². The first kappa shape index (κ1) is 12.4. The lowest BCUT2D eigenvalue weighted by molar-refractivity contribution is -0.118. The summed E-state index contributed by atoms with van der Waals surface area (Å²) in [5.41, 5.74) is 0. The van der Waals surface area contributed by atoms with E-state index < -0.39 is 43.0 Å². The Hall–Kier alpha value is -1.68. The minimum atomic E-state index is -1.26. The highest BCUT2D eigenvalue weighted by atomic mass is 16.6. The molecule has 3 aliphatic heterocycles.